The smallest absolute Gasteiger partial charge is 0.263 e. The van der Waals surface area contributed by atoms with Crippen molar-refractivity contribution in [3.63, 3.8) is 0 Å². The van der Waals surface area contributed by atoms with E-state index in [0.717, 1.165) is 0 Å². The van der Waals surface area contributed by atoms with Crippen LogP contribution < -0.4 is 10.4 Å². The van der Waals surface area contributed by atoms with Gasteiger partial charge in [0, 0.05) is 11.6 Å². The predicted molar refractivity (Wildman–Crippen MR) is 66.9 cm³/mol. The highest BCUT2D eigenvalue weighted by molar-refractivity contribution is 7.89. The zero-order valence-corrected chi connectivity index (χ0v) is 10.8. The van der Waals surface area contributed by atoms with Gasteiger partial charge in [0.15, 0.2) is 0 Å². The molecule has 0 saturated carbocycles. The van der Waals surface area contributed by atoms with Crippen LogP contribution in [-0.4, -0.2) is 20.5 Å². The van der Waals surface area contributed by atoms with Gasteiger partial charge < -0.3 is 4.98 Å². The molecule has 1 aromatic carbocycles. The summed E-state index contributed by atoms with van der Waals surface area (Å²) < 4.78 is 23.5. The first-order valence-corrected chi connectivity index (χ1v) is 6.67. The van der Waals surface area contributed by atoms with Gasteiger partial charge >= 0.3 is 0 Å². The highest BCUT2D eigenvalue weighted by Gasteiger charge is 2.18. The lowest BCUT2D eigenvalue weighted by molar-refractivity contribution is 0.153. The van der Waals surface area contributed by atoms with Gasteiger partial charge in [0.2, 0.25) is 5.56 Å². The fourth-order valence-corrected chi connectivity index (χ4v) is 2.89. The average Bonchev–Trinajstić information content (AvgIpc) is 2.27. The summed E-state index contributed by atoms with van der Waals surface area (Å²) in [7, 11) is -2.65. The monoisotopic (exact) mass is 288 g/mol. The molecule has 8 heteroatoms. The quantitative estimate of drug-likeness (QED) is 0.826. The summed E-state index contributed by atoms with van der Waals surface area (Å²) in [5, 5.41) is 0.546. The molecule has 1 heterocycles. The number of rotatable bonds is 3. The number of sulfonamides is 1. The highest BCUT2D eigenvalue weighted by Crippen LogP contribution is 2.25. The van der Waals surface area contributed by atoms with E-state index in [1.54, 1.807) is 0 Å². The van der Waals surface area contributed by atoms with E-state index in [1.165, 1.54) is 31.4 Å². The normalized spacial score (nSPS) is 11.9. The van der Waals surface area contributed by atoms with Crippen molar-refractivity contribution in [2.75, 3.05) is 7.11 Å². The topological polar surface area (TPSA) is 88.3 Å². The Kier molecular flexibility index (Phi) is 3.40. The predicted octanol–water partition coefficient (Wildman–Crippen LogP) is 1.02. The van der Waals surface area contributed by atoms with Crippen molar-refractivity contribution in [3.05, 3.63) is 39.6 Å². The van der Waals surface area contributed by atoms with Crippen LogP contribution in [0.25, 0.3) is 10.9 Å². The van der Waals surface area contributed by atoms with Crippen molar-refractivity contribution in [1.82, 2.24) is 9.87 Å². The molecule has 0 fully saturated rings. The number of hydrogen-bond donors (Lipinski definition) is 2. The van der Waals surface area contributed by atoms with Crippen LogP contribution >= 0.6 is 11.6 Å². The Balaban J connectivity index is 2.71. The molecule has 0 unspecified atom stereocenters. The molecule has 0 aliphatic rings. The molecule has 2 rings (SSSR count). The molecule has 0 amide bonds. The lowest BCUT2D eigenvalue weighted by atomic mass is 10.2. The van der Waals surface area contributed by atoms with E-state index in [1.807, 2.05) is 4.89 Å². The summed E-state index contributed by atoms with van der Waals surface area (Å²) in [6, 6.07) is 5.55. The second-order valence-corrected chi connectivity index (χ2v) is 5.50. The average molecular weight is 289 g/mol. The number of fused-ring (bicyclic) bond motifs is 1. The van der Waals surface area contributed by atoms with E-state index >= 15 is 0 Å². The van der Waals surface area contributed by atoms with E-state index in [4.69, 9.17) is 11.6 Å². The van der Waals surface area contributed by atoms with Gasteiger partial charge in [-0.15, -0.1) is 0 Å². The molecule has 2 N–H and O–H groups in total. The maximum absolute atomic E-state index is 11.8. The van der Waals surface area contributed by atoms with Crippen LogP contribution in [0.1, 0.15) is 0 Å². The van der Waals surface area contributed by atoms with Crippen LogP contribution in [0.3, 0.4) is 0 Å². The van der Waals surface area contributed by atoms with Gasteiger partial charge in [0.25, 0.3) is 10.0 Å². The van der Waals surface area contributed by atoms with Crippen LogP contribution in [0.4, 0.5) is 0 Å². The van der Waals surface area contributed by atoms with Crippen molar-refractivity contribution in [1.29, 1.82) is 0 Å². The van der Waals surface area contributed by atoms with E-state index < -0.39 is 10.0 Å². The summed E-state index contributed by atoms with van der Waals surface area (Å²) in [5.74, 6) is 0. The Bertz CT molecular complexity index is 754. The molecule has 18 heavy (non-hydrogen) atoms. The van der Waals surface area contributed by atoms with Crippen molar-refractivity contribution < 1.29 is 13.3 Å². The van der Waals surface area contributed by atoms with Crippen LogP contribution in [0.5, 0.6) is 0 Å². The molecule has 0 aliphatic carbocycles. The largest absolute Gasteiger partial charge is 0.322 e. The summed E-state index contributed by atoms with van der Waals surface area (Å²) >= 11 is 5.88. The molecule has 6 nitrogen and oxygen atoms in total. The molecule has 2 aromatic rings. The van der Waals surface area contributed by atoms with E-state index in [2.05, 4.69) is 9.82 Å². The van der Waals surface area contributed by atoms with Gasteiger partial charge in [-0.1, -0.05) is 16.5 Å². The molecular formula is C10H9ClN2O4S. The van der Waals surface area contributed by atoms with Gasteiger partial charge in [-0.3, -0.25) is 9.63 Å². The first-order chi connectivity index (χ1) is 8.44. The minimum Gasteiger partial charge on any atom is -0.322 e. The SMILES string of the molecule is CONS(=O)(=O)c1cc2ccc(=O)[nH]c2cc1Cl. The fraction of sp³-hybridized carbons (Fsp3) is 0.100. The van der Waals surface area contributed by atoms with Gasteiger partial charge in [-0.2, -0.15) is 0 Å². The maximum Gasteiger partial charge on any atom is 0.263 e. The third-order valence-corrected chi connectivity index (χ3v) is 3.99. The number of aromatic nitrogens is 1. The molecule has 0 saturated heterocycles. The van der Waals surface area contributed by atoms with Crippen LogP contribution in [0, 0.1) is 0 Å². The number of hydrogen-bond acceptors (Lipinski definition) is 4. The van der Waals surface area contributed by atoms with E-state index in [-0.39, 0.29) is 15.5 Å². The first-order valence-electron chi connectivity index (χ1n) is 4.81. The Morgan fingerprint density at radius 3 is 2.72 bits per heavy atom. The van der Waals surface area contributed by atoms with Crippen LogP contribution in [0.15, 0.2) is 34.0 Å². The van der Waals surface area contributed by atoms with E-state index in [0.29, 0.717) is 10.9 Å². The van der Waals surface area contributed by atoms with Crippen LogP contribution in [0.2, 0.25) is 5.02 Å². The second-order valence-electron chi connectivity index (χ2n) is 3.48. The lowest BCUT2D eigenvalue weighted by Gasteiger charge is -2.07. The third kappa shape index (κ3) is 2.39. The zero-order valence-electron chi connectivity index (χ0n) is 9.23. The number of pyridine rings is 1. The van der Waals surface area contributed by atoms with Crippen molar-refractivity contribution >= 4 is 32.5 Å². The lowest BCUT2D eigenvalue weighted by Crippen LogP contribution is -2.22. The number of benzene rings is 1. The molecule has 0 spiro atoms. The highest BCUT2D eigenvalue weighted by atomic mass is 35.5. The molecule has 96 valence electrons. The summed E-state index contributed by atoms with van der Waals surface area (Å²) in [5.41, 5.74) is 0.174. The Morgan fingerprint density at radius 2 is 2.06 bits per heavy atom. The Labute approximate surface area is 108 Å². The molecule has 1 aromatic heterocycles. The fourth-order valence-electron chi connectivity index (χ4n) is 1.52. The number of H-pyrrole nitrogens is 1. The van der Waals surface area contributed by atoms with Gasteiger partial charge in [-0.25, -0.2) is 8.42 Å². The minimum atomic E-state index is -3.84. The van der Waals surface area contributed by atoms with Crippen molar-refractivity contribution in [3.8, 4) is 0 Å². The molecule has 0 bridgehead atoms. The standard InChI is InChI=1S/C10H9ClN2O4S/c1-17-13-18(15,16)9-4-6-2-3-10(14)12-8(6)5-7(9)11/h2-5,13H,1H3,(H,12,14). The Hall–Kier alpha value is -1.41. The van der Waals surface area contributed by atoms with Crippen molar-refractivity contribution in [2.45, 2.75) is 4.90 Å². The summed E-state index contributed by atoms with van der Waals surface area (Å²) in [6.45, 7) is 0. The zero-order chi connectivity index (χ0) is 13.3. The molecular weight excluding hydrogens is 280 g/mol. The van der Waals surface area contributed by atoms with E-state index in [9.17, 15) is 13.2 Å². The third-order valence-electron chi connectivity index (χ3n) is 2.26. The van der Waals surface area contributed by atoms with Crippen molar-refractivity contribution in [2.24, 2.45) is 0 Å². The number of aromatic amines is 1. The van der Waals surface area contributed by atoms with Gasteiger partial charge in [-0.05, 0) is 23.6 Å². The number of nitrogens with one attached hydrogen (secondary N) is 2. The molecule has 0 aliphatic heterocycles. The minimum absolute atomic E-state index is 0.00565. The van der Waals surface area contributed by atoms with Gasteiger partial charge in [0.1, 0.15) is 4.90 Å². The molecule has 0 radical (unpaired) electrons. The number of halogens is 1. The summed E-state index contributed by atoms with van der Waals surface area (Å²) in [6.07, 6.45) is 0. The first kappa shape index (κ1) is 13.0. The Morgan fingerprint density at radius 1 is 1.33 bits per heavy atom. The summed E-state index contributed by atoms with van der Waals surface area (Å²) in [4.78, 5) is 19.8. The second kappa shape index (κ2) is 4.69. The van der Waals surface area contributed by atoms with Gasteiger partial charge in [0.05, 0.1) is 12.1 Å². The maximum atomic E-state index is 11.8. The molecule has 0 atom stereocenters. The van der Waals surface area contributed by atoms with Crippen LogP contribution in [-0.2, 0) is 14.9 Å².